The Morgan fingerprint density at radius 2 is 1.88 bits per heavy atom. The fraction of sp³-hybridized carbons (Fsp3) is 0.406. The molecule has 2 aromatic heterocycles. The van der Waals surface area contributed by atoms with Crippen LogP contribution in [0.1, 0.15) is 45.3 Å². The summed E-state index contributed by atoms with van der Waals surface area (Å²) in [7, 11) is 1.55. The van der Waals surface area contributed by atoms with Crippen molar-refractivity contribution in [3.8, 4) is 11.6 Å². The lowest BCUT2D eigenvalue weighted by Crippen LogP contribution is -2.33. The Kier molecular flexibility index (Phi) is 6.63. The van der Waals surface area contributed by atoms with Gasteiger partial charge in [0.25, 0.3) is 0 Å². The highest BCUT2D eigenvalue weighted by Gasteiger charge is 2.57. The first-order chi connectivity index (χ1) is 20.0. The maximum absolute atomic E-state index is 11.8. The predicted octanol–water partition coefficient (Wildman–Crippen LogP) is 4.66. The molecule has 0 spiro atoms. The summed E-state index contributed by atoms with van der Waals surface area (Å²) in [4.78, 5) is 24.1. The van der Waals surface area contributed by atoms with Gasteiger partial charge < -0.3 is 23.9 Å². The van der Waals surface area contributed by atoms with Crippen LogP contribution < -0.4 is 9.47 Å². The number of pyridine rings is 1. The van der Waals surface area contributed by atoms with Crippen LogP contribution in [0.3, 0.4) is 0 Å². The molecule has 1 N–H and O–H groups in total. The van der Waals surface area contributed by atoms with E-state index in [1.165, 1.54) is 5.56 Å². The molecule has 0 bridgehead atoms. The van der Waals surface area contributed by atoms with E-state index in [1.807, 2.05) is 12.1 Å². The van der Waals surface area contributed by atoms with E-state index in [0.717, 1.165) is 48.7 Å². The second-order valence-electron chi connectivity index (χ2n) is 11.5. The standard InChI is InChI=1S/C32H34N4O5/c1-19-6-8-20(9-7-19)18-41-29-5-3-4-25(33-29)30-23-15-35(16-24(23)30)17-28-34-31-26(36(28)14-22-10-11-40-22)12-21(32(37)38)13-27(31)39-2/h3-9,12-13,22-24,30H,10-11,14-18H2,1-2H3,(H,37,38)/t22?,23-,24+,30?. The van der Waals surface area contributed by atoms with Gasteiger partial charge in [-0.2, -0.15) is 0 Å². The van der Waals surface area contributed by atoms with Crippen LogP contribution in [0, 0.1) is 18.8 Å². The van der Waals surface area contributed by atoms with Crippen LogP contribution in [-0.2, 0) is 24.4 Å². The minimum atomic E-state index is -0.983. The van der Waals surface area contributed by atoms with E-state index in [-0.39, 0.29) is 11.7 Å². The molecule has 3 fully saturated rings. The SMILES string of the molecule is COc1cc(C(=O)O)cc2c1nc(CN1C[C@@H]3C(c4cccc(OCc5ccc(C)cc5)n4)[C@@H]3C1)n2CC1CCO1. The third kappa shape index (κ3) is 5.04. The van der Waals surface area contributed by atoms with Gasteiger partial charge in [-0.1, -0.05) is 35.9 Å². The van der Waals surface area contributed by atoms with Crippen LogP contribution in [0.4, 0.5) is 0 Å². The highest BCUT2D eigenvalue weighted by Crippen LogP contribution is 2.58. The Morgan fingerprint density at radius 3 is 2.56 bits per heavy atom. The Hall–Kier alpha value is -3.95. The Morgan fingerprint density at radius 1 is 1.10 bits per heavy atom. The molecule has 2 aromatic carbocycles. The smallest absolute Gasteiger partial charge is 0.335 e. The van der Waals surface area contributed by atoms with Gasteiger partial charge in [-0.25, -0.2) is 14.8 Å². The van der Waals surface area contributed by atoms with Gasteiger partial charge in [0.1, 0.15) is 23.7 Å². The molecule has 0 amide bonds. The number of fused-ring (bicyclic) bond motifs is 2. The third-order valence-corrected chi connectivity index (χ3v) is 8.77. The van der Waals surface area contributed by atoms with Crippen molar-refractivity contribution in [1.29, 1.82) is 0 Å². The van der Waals surface area contributed by atoms with E-state index in [9.17, 15) is 9.90 Å². The average Bonchev–Trinajstić information content (AvgIpc) is 3.27. The summed E-state index contributed by atoms with van der Waals surface area (Å²) >= 11 is 0. The van der Waals surface area contributed by atoms with Gasteiger partial charge in [-0.15, -0.1) is 0 Å². The molecule has 2 aliphatic heterocycles. The quantitative estimate of drug-likeness (QED) is 0.302. The molecule has 9 heteroatoms. The fourth-order valence-electron chi connectivity index (χ4n) is 6.40. The van der Waals surface area contributed by atoms with Crippen molar-refractivity contribution < 1.29 is 24.1 Å². The number of piperidine rings is 1. The largest absolute Gasteiger partial charge is 0.494 e. The number of methoxy groups -OCH3 is 1. The number of hydrogen-bond donors (Lipinski definition) is 1. The number of hydrogen-bond acceptors (Lipinski definition) is 7. The molecule has 1 saturated carbocycles. The number of imidazole rings is 1. The highest BCUT2D eigenvalue weighted by molar-refractivity contribution is 5.95. The zero-order valence-electron chi connectivity index (χ0n) is 23.3. The van der Waals surface area contributed by atoms with Crippen molar-refractivity contribution in [2.75, 3.05) is 26.8 Å². The summed E-state index contributed by atoms with van der Waals surface area (Å²) in [6.07, 6.45) is 1.11. The lowest BCUT2D eigenvalue weighted by atomic mass is 10.1. The molecule has 9 nitrogen and oxygen atoms in total. The first-order valence-electron chi connectivity index (χ1n) is 14.3. The molecular weight excluding hydrogens is 520 g/mol. The molecule has 1 aliphatic carbocycles. The Balaban J connectivity index is 1.05. The molecule has 0 radical (unpaired) electrons. The Labute approximate surface area is 238 Å². The number of aromatic carboxylic acids is 1. The summed E-state index contributed by atoms with van der Waals surface area (Å²) in [5.41, 5.74) is 5.15. The van der Waals surface area contributed by atoms with E-state index in [4.69, 9.17) is 24.2 Å². The topological polar surface area (TPSA) is 98.9 Å². The molecular formula is C32H34N4O5. The van der Waals surface area contributed by atoms with E-state index >= 15 is 0 Å². The van der Waals surface area contributed by atoms with Gasteiger partial charge >= 0.3 is 5.97 Å². The number of rotatable bonds is 10. The number of benzene rings is 2. The number of carboxylic acids is 1. The minimum Gasteiger partial charge on any atom is -0.494 e. The number of aryl methyl sites for hydroxylation is 1. The van der Waals surface area contributed by atoms with Crippen molar-refractivity contribution in [2.24, 2.45) is 11.8 Å². The average molecular weight is 555 g/mol. The number of likely N-dealkylation sites (tertiary alicyclic amines) is 1. The van der Waals surface area contributed by atoms with Crippen LogP contribution in [0.15, 0.2) is 54.6 Å². The van der Waals surface area contributed by atoms with E-state index < -0.39 is 5.97 Å². The molecule has 41 heavy (non-hydrogen) atoms. The zero-order valence-corrected chi connectivity index (χ0v) is 23.3. The second-order valence-corrected chi connectivity index (χ2v) is 11.5. The van der Waals surface area contributed by atoms with Gasteiger partial charge in [0.2, 0.25) is 5.88 Å². The van der Waals surface area contributed by atoms with Gasteiger partial charge in [0.05, 0.1) is 37.4 Å². The maximum Gasteiger partial charge on any atom is 0.335 e. The molecule has 7 rings (SSSR count). The molecule has 4 heterocycles. The summed E-state index contributed by atoms with van der Waals surface area (Å²) in [6, 6.07) is 17.7. The number of ether oxygens (including phenoxy) is 3. The van der Waals surface area contributed by atoms with Crippen LogP contribution in [0.5, 0.6) is 11.6 Å². The number of aromatic nitrogens is 3. The summed E-state index contributed by atoms with van der Waals surface area (Å²) in [6.45, 7) is 6.66. The van der Waals surface area contributed by atoms with Crippen LogP contribution >= 0.6 is 0 Å². The normalized spacial score (nSPS) is 23.3. The predicted molar refractivity (Wildman–Crippen MR) is 152 cm³/mol. The second kappa shape index (κ2) is 10.5. The van der Waals surface area contributed by atoms with E-state index in [0.29, 0.717) is 54.6 Å². The monoisotopic (exact) mass is 554 g/mol. The summed E-state index contributed by atoms with van der Waals surface area (Å²) < 4.78 is 19.4. The number of carboxylic acid groups (broad SMARTS) is 1. The first kappa shape index (κ1) is 26.0. The molecule has 2 saturated heterocycles. The number of nitrogens with zero attached hydrogens (tertiary/aromatic N) is 4. The van der Waals surface area contributed by atoms with Gasteiger partial charge in [0, 0.05) is 37.4 Å². The Bertz CT molecular complexity index is 1580. The lowest BCUT2D eigenvalue weighted by molar-refractivity contribution is -0.0591. The number of carbonyl (C=O) groups is 1. The minimum absolute atomic E-state index is 0.119. The molecule has 2 unspecified atom stereocenters. The van der Waals surface area contributed by atoms with Crippen molar-refractivity contribution in [2.45, 2.75) is 45.1 Å². The highest BCUT2D eigenvalue weighted by atomic mass is 16.5. The van der Waals surface area contributed by atoms with E-state index in [1.54, 1.807) is 19.2 Å². The van der Waals surface area contributed by atoms with Crippen molar-refractivity contribution in [3.63, 3.8) is 0 Å². The van der Waals surface area contributed by atoms with Crippen molar-refractivity contribution in [3.05, 3.63) is 82.8 Å². The molecule has 3 aliphatic rings. The maximum atomic E-state index is 11.8. The van der Waals surface area contributed by atoms with Crippen molar-refractivity contribution in [1.82, 2.24) is 19.4 Å². The fourth-order valence-corrected chi connectivity index (χ4v) is 6.40. The molecule has 4 aromatic rings. The van der Waals surface area contributed by atoms with E-state index in [2.05, 4.69) is 46.7 Å². The lowest BCUT2D eigenvalue weighted by Gasteiger charge is -2.28. The van der Waals surface area contributed by atoms with Crippen LogP contribution in [0.25, 0.3) is 11.0 Å². The summed E-state index contributed by atoms with van der Waals surface area (Å²) in [5, 5.41) is 9.66. The first-order valence-corrected chi connectivity index (χ1v) is 14.3. The van der Waals surface area contributed by atoms with Gasteiger partial charge in [-0.3, -0.25) is 4.90 Å². The van der Waals surface area contributed by atoms with Gasteiger partial charge in [-0.05, 0) is 48.9 Å². The zero-order chi connectivity index (χ0) is 28.1. The van der Waals surface area contributed by atoms with Crippen molar-refractivity contribution >= 4 is 17.0 Å². The summed E-state index contributed by atoms with van der Waals surface area (Å²) in [5.74, 6) is 2.67. The van der Waals surface area contributed by atoms with Crippen LogP contribution in [0.2, 0.25) is 0 Å². The van der Waals surface area contributed by atoms with Gasteiger partial charge in [0.15, 0.2) is 0 Å². The molecule has 212 valence electrons. The third-order valence-electron chi connectivity index (χ3n) is 8.77. The molecule has 4 atom stereocenters. The van der Waals surface area contributed by atoms with Crippen LogP contribution in [-0.4, -0.2) is 63.4 Å².